The van der Waals surface area contributed by atoms with Crippen molar-refractivity contribution < 1.29 is 19.4 Å². The van der Waals surface area contributed by atoms with Gasteiger partial charge in [0.15, 0.2) is 0 Å². The quantitative estimate of drug-likeness (QED) is 0.642. The van der Waals surface area contributed by atoms with Gasteiger partial charge >= 0.3 is 6.09 Å². The molecule has 1 amide bonds. The van der Waals surface area contributed by atoms with E-state index in [0.717, 1.165) is 0 Å². The standard InChI is InChI=1S/C9H17NO4/c1-9(2,3)14-8(12)10-6-4-13-5-7(6)11/h6-7,11H,4-5H2,1-3H3,(H,10,12)/t6?,7-/m1/s1. The molecule has 0 radical (unpaired) electrons. The Morgan fingerprint density at radius 3 is 2.57 bits per heavy atom. The highest BCUT2D eigenvalue weighted by molar-refractivity contribution is 5.68. The van der Waals surface area contributed by atoms with Crippen molar-refractivity contribution >= 4 is 6.09 Å². The van der Waals surface area contributed by atoms with E-state index in [1.54, 1.807) is 20.8 Å². The molecule has 14 heavy (non-hydrogen) atoms. The second kappa shape index (κ2) is 4.14. The summed E-state index contributed by atoms with van der Waals surface area (Å²) in [7, 11) is 0. The number of carbonyl (C=O) groups is 1. The molecule has 0 aromatic carbocycles. The lowest BCUT2D eigenvalue weighted by atomic mass is 10.2. The first-order valence-electron chi connectivity index (χ1n) is 4.64. The molecule has 1 unspecified atom stereocenters. The van der Waals surface area contributed by atoms with Crippen LogP contribution in [-0.4, -0.2) is 42.2 Å². The van der Waals surface area contributed by atoms with Crippen LogP contribution >= 0.6 is 0 Å². The number of hydrogen-bond donors (Lipinski definition) is 2. The van der Waals surface area contributed by atoms with Crippen LogP contribution in [0.5, 0.6) is 0 Å². The fourth-order valence-electron chi connectivity index (χ4n) is 1.14. The first kappa shape index (κ1) is 11.3. The molecule has 0 bridgehead atoms. The van der Waals surface area contributed by atoms with Gasteiger partial charge in [-0.05, 0) is 20.8 Å². The first-order valence-corrected chi connectivity index (χ1v) is 4.64. The zero-order valence-electron chi connectivity index (χ0n) is 8.74. The second-order valence-corrected chi connectivity index (χ2v) is 4.36. The van der Waals surface area contributed by atoms with E-state index in [1.807, 2.05) is 0 Å². The normalized spacial score (nSPS) is 27.4. The Balaban J connectivity index is 2.33. The fraction of sp³-hybridized carbons (Fsp3) is 0.889. The van der Waals surface area contributed by atoms with E-state index >= 15 is 0 Å². The molecule has 1 saturated heterocycles. The topological polar surface area (TPSA) is 67.8 Å². The van der Waals surface area contributed by atoms with Gasteiger partial charge in [-0.15, -0.1) is 0 Å². The minimum absolute atomic E-state index is 0.264. The van der Waals surface area contributed by atoms with Gasteiger partial charge in [0, 0.05) is 0 Å². The summed E-state index contributed by atoms with van der Waals surface area (Å²) in [4.78, 5) is 11.3. The van der Waals surface area contributed by atoms with Crippen molar-refractivity contribution in [2.45, 2.75) is 38.5 Å². The van der Waals surface area contributed by atoms with E-state index in [2.05, 4.69) is 5.32 Å². The molecule has 0 aliphatic carbocycles. The number of nitrogens with one attached hydrogen (secondary N) is 1. The molecule has 1 rings (SSSR count). The molecule has 1 aliphatic rings. The van der Waals surface area contributed by atoms with Gasteiger partial charge in [-0.2, -0.15) is 0 Å². The molecule has 1 aliphatic heterocycles. The van der Waals surface area contributed by atoms with Crippen molar-refractivity contribution in [1.29, 1.82) is 0 Å². The van der Waals surface area contributed by atoms with Gasteiger partial charge in [0.05, 0.1) is 25.4 Å². The monoisotopic (exact) mass is 203 g/mol. The maximum atomic E-state index is 11.3. The van der Waals surface area contributed by atoms with Crippen molar-refractivity contribution in [3.8, 4) is 0 Å². The number of amides is 1. The van der Waals surface area contributed by atoms with Crippen LogP contribution in [0.15, 0.2) is 0 Å². The first-order chi connectivity index (χ1) is 6.38. The molecule has 5 heteroatoms. The summed E-state index contributed by atoms with van der Waals surface area (Å²) < 4.78 is 10.0. The Labute approximate surface area is 83.4 Å². The van der Waals surface area contributed by atoms with Gasteiger partial charge in [-0.25, -0.2) is 4.79 Å². The number of aliphatic hydroxyl groups is 1. The van der Waals surface area contributed by atoms with E-state index in [0.29, 0.717) is 6.61 Å². The van der Waals surface area contributed by atoms with Crippen LogP contribution in [0.2, 0.25) is 0 Å². The molecular formula is C9H17NO4. The Bertz CT molecular complexity index is 211. The third-order valence-corrected chi connectivity index (χ3v) is 1.75. The highest BCUT2D eigenvalue weighted by atomic mass is 16.6. The largest absolute Gasteiger partial charge is 0.444 e. The summed E-state index contributed by atoms with van der Waals surface area (Å²) in [6, 6.07) is -0.357. The molecule has 2 N–H and O–H groups in total. The average molecular weight is 203 g/mol. The van der Waals surface area contributed by atoms with Crippen molar-refractivity contribution in [2.24, 2.45) is 0 Å². The van der Waals surface area contributed by atoms with Gasteiger partial charge in [-0.3, -0.25) is 0 Å². The number of carbonyl (C=O) groups excluding carboxylic acids is 1. The fourth-order valence-corrected chi connectivity index (χ4v) is 1.14. The molecule has 2 atom stereocenters. The molecule has 0 saturated carbocycles. The van der Waals surface area contributed by atoms with Crippen LogP contribution < -0.4 is 5.32 Å². The zero-order valence-corrected chi connectivity index (χ0v) is 8.74. The molecule has 0 spiro atoms. The summed E-state index contributed by atoms with van der Waals surface area (Å²) in [6.07, 6.45) is -1.16. The highest BCUT2D eigenvalue weighted by Crippen LogP contribution is 2.09. The summed E-state index contributed by atoms with van der Waals surface area (Å²) in [5.74, 6) is 0. The third kappa shape index (κ3) is 3.51. The van der Waals surface area contributed by atoms with Gasteiger partial charge in [0.1, 0.15) is 5.60 Å². The Kier molecular flexibility index (Phi) is 3.34. The minimum atomic E-state index is -0.637. The molecule has 82 valence electrons. The summed E-state index contributed by atoms with van der Waals surface area (Å²) >= 11 is 0. The van der Waals surface area contributed by atoms with Crippen LogP contribution in [0.3, 0.4) is 0 Å². The van der Waals surface area contributed by atoms with Crippen molar-refractivity contribution in [3.63, 3.8) is 0 Å². The lowest BCUT2D eigenvalue weighted by Crippen LogP contribution is -2.44. The van der Waals surface area contributed by atoms with Crippen molar-refractivity contribution in [3.05, 3.63) is 0 Å². The van der Waals surface area contributed by atoms with Gasteiger partial charge in [-0.1, -0.05) is 0 Å². The smallest absolute Gasteiger partial charge is 0.408 e. The summed E-state index contributed by atoms with van der Waals surface area (Å²) in [5, 5.41) is 11.9. The van der Waals surface area contributed by atoms with Crippen LogP contribution in [-0.2, 0) is 9.47 Å². The van der Waals surface area contributed by atoms with E-state index in [-0.39, 0.29) is 12.6 Å². The number of aliphatic hydroxyl groups excluding tert-OH is 1. The molecule has 1 fully saturated rings. The maximum Gasteiger partial charge on any atom is 0.408 e. The number of hydrogen-bond acceptors (Lipinski definition) is 4. The SMILES string of the molecule is CC(C)(C)OC(=O)NC1COC[C@H]1O. The molecule has 0 aromatic heterocycles. The van der Waals surface area contributed by atoms with E-state index < -0.39 is 17.8 Å². The van der Waals surface area contributed by atoms with Gasteiger partial charge < -0.3 is 19.9 Å². The minimum Gasteiger partial charge on any atom is -0.444 e. The van der Waals surface area contributed by atoms with E-state index in [4.69, 9.17) is 9.47 Å². The molecule has 0 aromatic rings. The Morgan fingerprint density at radius 1 is 1.50 bits per heavy atom. The Hall–Kier alpha value is -0.810. The zero-order chi connectivity index (χ0) is 10.8. The predicted molar refractivity (Wildman–Crippen MR) is 50.0 cm³/mol. The molecule has 5 nitrogen and oxygen atoms in total. The van der Waals surface area contributed by atoms with Crippen molar-refractivity contribution in [1.82, 2.24) is 5.32 Å². The number of rotatable bonds is 1. The second-order valence-electron chi connectivity index (χ2n) is 4.36. The summed E-state index contributed by atoms with van der Waals surface area (Å²) in [6.45, 7) is 5.96. The maximum absolute atomic E-state index is 11.3. The van der Waals surface area contributed by atoms with Gasteiger partial charge in [0.25, 0.3) is 0 Å². The van der Waals surface area contributed by atoms with Crippen molar-refractivity contribution in [2.75, 3.05) is 13.2 Å². The van der Waals surface area contributed by atoms with Crippen LogP contribution in [0.25, 0.3) is 0 Å². The van der Waals surface area contributed by atoms with E-state index in [1.165, 1.54) is 0 Å². The third-order valence-electron chi connectivity index (χ3n) is 1.75. The average Bonchev–Trinajstić information content (AvgIpc) is 2.32. The lowest BCUT2D eigenvalue weighted by Gasteiger charge is -2.22. The highest BCUT2D eigenvalue weighted by Gasteiger charge is 2.29. The molecular weight excluding hydrogens is 186 g/mol. The summed E-state index contributed by atoms with van der Waals surface area (Å²) in [5.41, 5.74) is -0.519. The van der Waals surface area contributed by atoms with Crippen LogP contribution in [0.1, 0.15) is 20.8 Å². The number of alkyl carbamates (subject to hydrolysis) is 1. The van der Waals surface area contributed by atoms with Crippen LogP contribution in [0, 0.1) is 0 Å². The van der Waals surface area contributed by atoms with Gasteiger partial charge in [0.2, 0.25) is 0 Å². The lowest BCUT2D eigenvalue weighted by molar-refractivity contribution is 0.0461. The van der Waals surface area contributed by atoms with Crippen LogP contribution in [0.4, 0.5) is 4.79 Å². The Morgan fingerprint density at radius 2 is 2.14 bits per heavy atom. The molecule has 1 heterocycles. The predicted octanol–water partition coefficient (Wildman–Crippen LogP) is 0.271. The van der Waals surface area contributed by atoms with E-state index in [9.17, 15) is 9.90 Å². The number of ether oxygens (including phenoxy) is 2.